The molecule has 21 heavy (non-hydrogen) atoms. The van der Waals surface area contributed by atoms with Gasteiger partial charge in [-0.1, -0.05) is 0 Å². The highest BCUT2D eigenvalue weighted by Gasteiger charge is 2.49. The van der Waals surface area contributed by atoms with Gasteiger partial charge in [-0.15, -0.1) is 0 Å². The van der Waals surface area contributed by atoms with Gasteiger partial charge in [-0.2, -0.15) is 0 Å². The Kier molecular flexibility index (Phi) is 4.41. The van der Waals surface area contributed by atoms with Crippen molar-refractivity contribution in [3.05, 3.63) is 0 Å². The summed E-state index contributed by atoms with van der Waals surface area (Å²) in [4.78, 5) is 15.4. The number of urea groups is 1. The number of carbonyl (C=O) groups is 1. The Morgan fingerprint density at radius 1 is 1.29 bits per heavy atom. The van der Waals surface area contributed by atoms with Gasteiger partial charge in [0, 0.05) is 33.9 Å². The molecular formula is C16H28N2O3. The molecule has 0 radical (unpaired) electrons. The molecule has 2 amide bonds. The van der Waals surface area contributed by atoms with E-state index in [1.165, 1.54) is 12.8 Å². The molecule has 3 fully saturated rings. The highest BCUT2D eigenvalue weighted by atomic mass is 16.5. The van der Waals surface area contributed by atoms with Crippen molar-refractivity contribution < 1.29 is 14.3 Å². The molecule has 2 saturated heterocycles. The van der Waals surface area contributed by atoms with E-state index >= 15 is 0 Å². The van der Waals surface area contributed by atoms with Gasteiger partial charge in [0.1, 0.15) is 5.60 Å². The molecule has 2 aliphatic heterocycles. The molecule has 1 saturated carbocycles. The third-order valence-electron chi connectivity index (χ3n) is 4.93. The normalized spacial score (nSPS) is 27.5. The fourth-order valence-electron chi connectivity index (χ4n) is 3.45. The SMILES string of the molecule is CN(C)C(=O)N1CC2(C[C@H](CCOCC3CC3)CCO2)C1. The first kappa shape index (κ1) is 15.1. The number of ether oxygens (including phenoxy) is 2. The maximum atomic E-state index is 11.9. The molecule has 1 atom stereocenters. The van der Waals surface area contributed by atoms with E-state index in [-0.39, 0.29) is 11.6 Å². The second-order valence-electron chi connectivity index (χ2n) is 7.23. The topological polar surface area (TPSA) is 42.0 Å². The molecule has 5 heteroatoms. The summed E-state index contributed by atoms with van der Waals surface area (Å²) in [5.41, 5.74) is -0.0644. The first-order valence-corrected chi connectivity index (χ1v) is 8.26. The highest BCUT2D eigenvalue weighted by Crippen LogP contribution is 2.38. The Bertz CT molecular complexity index is 376. The van der Waals surface area contributed by atoms with Crippen LogP contribution in [-0.2, 0) is 9.47 Å². The maximum absolute atomic E-state index is 11.9. The first-order valence-electron chi connectivity index (χ1n) is 8.26. The van der Waals surface area contributed by atoms with Gasteiger partial charge in [0.25, 0.3) is 0 Å². The van der Waals surface area contributed by atoms with Crippen LogP contribution in [0.5, 0.6) is 0 Å². The Labute approximate surface area is 127 Å². The molecule has 0 bridgehead atoms. The molecule has 5 nitrogen and oxygen atoms in total. The summed E-state index contributed by atoms with van der Waals surface area (Å²) < 4.78 is 11.8. The van der Waals surface area contributed by atoms with Crippen LogP contribution in [0.3, 0.4) is 0 Å². The molecule has 1 spiro atoms. The van der Waals surface area contributed by atoms with Crippen molar-refractivity contribution in [2.45, 2.75) is 37.7 Å². The van der Waals surface area contributed by atoms with Crippen LogP contribution in [0.25, 0.3) is 0 Å². The van der Waals surface area contributed by atoms with E-state index < -0.39 is 0 Å². The summed E-state index contributed by atoms with van der Waals surface area (Å²) in [6, 6.07) is 0.0964. The number of likely N-dealkylation sites (tertiary alicyclic amines) is 1. The molecule has 0 aromatic heterocycles. The van der Waals surface area contributed by atoms with Crippen LogP contribution < -0.4 is 0 Å². The van der Waals surface area contributed by atoms with E-state index in [1.807, 2.05) is 4.90 Å². The first-order chi connectivity index (χ1) is 10.1. The molecular weight excluding hydrogens is 268 g/mol. The van der Waals surface area contributed by atoms with Crippen LogP contribution in [0.2, 0.25) is 0 Å². The fourth-order valence-corrected chi connectivity index (χ4v) is 3.45. The molecule has 0 aromatic carbocycles. The number of hydrogen-bond acceptors (Lipinski definition) is 3. The maximum Gasteiger partial charge on any atom is 0.319 e. The minimum atomic E-state index is -0.0644. The second kappa shape index (κ2) is 6.13. The number of rotatable bonds is 5. The monoisotopic (exact) mass is 296 g/mol. The third kappa shape index (κ3) is 3.69. The number of carbonyl (C=O) groups excluding carboxylic acids is 1. The largest absolute Gasteiger partial charge is 0.381 e. The molecule has 0 N–H and O–H groups in total. The Hall–Kier alpha value is -0.810. The van der Waals surface area contributed by atoms with Gasteiger partial charge in [0.05, 0.1) is 13.1 Å². The highest BCUT2D eigenvalue weighted by molar-refractivity contribution is 5.75. The average Bonchev–Trinajstić information content (AvgIpc) is 3.24. The van der Waals surface area contributed by atoms with Crippen LogP contribution in [-0.4, -0.2) is 68.4 Å². The Morgan fingerprint density at radius 3 is 2.71 bits per heavy atom. The van der Waals surface area contributed by atoms with Crippen LogP contribution in [0.15, 0.2) is 0 Å². The minimum Gasteiger partial charge on any atom is -0.381 e. The molecule has 2 heterocycles. The van der Waals surface area contributed by atoms with Gasteiger partial charge in [-0.05, 0) is 43.9 Å². The van der Waals surface area contributed by atoms with E-state index in [2.05, 4.69) is 0 Å². The van der Waals surface area contributed by atoms with E-state index in [9.17, 15) is 4.79 Å². The van der Waals surface area contributed by atoms with E-state index in [1.54, 1.807) is 19.0 Å². The van der Waals surface area contributed by atoms with Crippen molar-refractivity contribution in [1.82, 2.24) is 9.80 Å². The number of hydrogen-bond donors (Lipinski definition) is 0. The van der Waals surface area contributed by atoms with Crippen LogP contribution in [0.1, 0.15) is 32.1 Å². The predicted molar refractivity (Wildman–Crippen MR) is 80.2 cm³/mol. The lowest BCUT2D eigenvalue weighted by Crippen LogP contribution is -2.67. The zero-order valence-corrected chi connectivity index (χ0v) is 13.3. The molecule has 120 valence electrons. The van der Waals surface area contributed by atoms with Gasteiger partial charge in [0.15, 0.2) is 0 Å². The van der Waals surface area contributed by atoms with Gasteiger partial charge in [-0.3, -0.25) is 0 Å². The summed E-state index contributed by atoms with van der Waals surface area (Å²) in [5.74, 6) is 1.54. The lowest BCUT2D eigenvalue weighted by atomic mass is 9.79. The van der Waals surface area contributed by atoms with Crippen molar-refractivity contribution in [3.8, 4) is 0 Å². The summed E-state index contributed by atoms with van der Waals surface area (Å²) in [6.45, 7) is 4.18. The average molecular weight is 296 g/mol. The van der Waals surface area contributed by atoms with Crippen molar-refractivity contribution in [3.63, 3.8) is 0 Å². The molecule has 3 rings (SSSR count). The number of nitrogens with zero attached hydrogens (tertiary/aromatic N) is 2. The van der Waals surface area contributed by atoms with Gasteiger partial charge >= 0.3 is 6.03 Å². The van der Waals surface area contributed by atoms with E-state index in [0.29, 0.717) is 5.92 Å². The van der Waals surface area contributed by atoms with Gasteiger partial charge < -0.3 is 19.3 Å². The van der Waals surface area contributed by atoms with Crippen LogP contribution in [0, 0.1) is 11.8 Å². The summed E-state index contributed by atoms with van der Waals surface area (Å²) >= 11 is 0. The van der Waals surface area contributed by atoms with Crippen molar-refractivity contribution in [1.29, 1.82) is 0 Å². The minimum absolute atomic E-state index is 0.0644. The summed E-state index contributed by atoms with van der Waals surface area (Å²) in [7, 11) is 3.60. The number of amides is 2. The Balaban J connectivity index is 1.38. The van der Waals surface area contributed by atoms with Crippen molar-refractivity contribution in [2.24, 2.45) is 11.8 Å². The van der Waals surface area contributed by atoms with Gasteiger partial charge in [-0.25, -0.2) is 4.79 Å². The third-order valence-corrected chi connectivity index (χ3v) is 4.93. The summed E-state index contributed by atoms with van der Waals surface area (Å²) in [6.07, 6.45) is 6.07. The standard InChI is InChI=1S/C16H28N2O3/c1-17(2)15(19)18-11-16(12-18)9-13(6-8-21-16)5-7-20-10-14-3-4-14/h13-14H,3-12H2,1-2H3/t13-/m1/s1. The smallest absolute Gasteiger partial charge is 0.319 e. The predicted octanol–water partition coefficient (Wildman–Crippen LogP) is 1.97. The quantitative estimate of drug-likeness (QED) is 0.728. The van der Waals surface area contributed by atoms with Crippen molar-refractivity contribution >= 4 is 6.03 Å². The van der Waals surface area contributed by atoms with Gasteiger partial charge in [0.2, 0.25) is 0 Å². The summed E-state index contributed by atoms with van der Waals surface area (Å²) in [5, 5.41) is 0. The van der Waals surface area contributed by atoms with E-state index in [4.69, 9.17) is 9.47 Å². The second-order valence-corrected chi connectivity index (χ2v) is 7.23. The zero-order chi connectivity index (χ0) is 14.9. The van der Waals surface area contributed by atoms with Crippen molar-refractivity contribution in [2.75, 3.05) is 47.0 Å². The van der Waals surface area contributed by atoms with Crippen LogP contribution >= 0.6 is 0 Å². The zero-order valence-electron chi connectivity index (χ0n) is 13.3. The molecule has 1 aliphatic carbocycles. The lowest BCUT2D eigenvalue weighted by molar-refractivity contribution is -0.167. The molecule has 0 aromatic rings. The van der Waals surface area contributed by atoms with Crippen LogP contribution in [0.4, 0.5) is 4.79 Å². The Morgan fingerprint density at radius 2 is 2.05 bits per heavy atom. The van der Waals surface area contributed by atoms with E-state index in [0.717, 1.165) is 58.1 Å². The fraction of sp³-hybridized carbons (Fsp3) is 0.938. The molecule has 3 aliphatic rings. The molecule has 0 unspecified atom stereocenters. The lowest BCUT2D eigenvalue weighted by Gasteiger charge is -2.53.